The van der Waals surface area contributed by atoms with E-state index in [2.05, 4.69) is 15.6 Å². The van der Waals surface area contributed by atoms with Crippen LogP contribution in [0.3, 0.4) is 0 Å². The molecule has 2 aromatic carbocycles. The molecule has 0 saturated carbocycles. The van der Waals surface area contributed by atoms with Crippen LogP contribution in [-0.2, 0) is 4.74 Å². The maximum absolute atomic E-state index is 13.5. The number of hydrogen-bond acceptors (Lipinski definition) is 5. The van der Waals surface area contributed by atoms with Crippen molar-refractivity contribution in [2.24, 2.45) is 4.99 Å². The summed E-state index contributed by atoms with van der Waals surface area (Å²) in [6, 6.07) is 8.03. The number of halogens is 2. The van der Waals surface area contributed by atoms with Gasteiger partial charge in [0.15, 0.2) is 11.6 Å². The van der Waals surface area contributed by atoms with Gasteiger partial charge in [0.05, 0.1) is 26.9 Å². The van der Waals surface area contributed by atoms with Gasteiger partial charge in [-0.25, -0.2) is 13.8 Å². The number of guanidine groups is 1. The second kappa shape index (κ2) is 10.0. The van der Waals surface area contributed by atoms with Gasteiger partial charge in [-0.05, 0) is 31.0 Å². The fourth-order valence-electron chi connectivity index (χ4n) is 2.93. The first-order chi connectivity index (χ1) is 14.5. The summed E-state index contributed by atoms with van der Waals surface area (Å²) in [5.41, 5.74) is 0.520. The third-order valence-electron chi connectivity index (χ3n) is 4.50. The van der Waals surface area contributed by atoms with E-state index in [1.165, 1.54) is 20.3 Å². The molecule has 0 aromatic heterocycles. The summed E-state index contributed by atoms with van der Waals surface area (Å²) in [5, 5.41) is 5.61. The highest BCUT2D eigenvalue weighted by molar-refractivity contribution is 6.10. The molecule has 0 unspecified atom stereocenters. The summed E-state index contributed by atoms with van der Waals surface area (Å²) in [5.74, 6) is -1.55. The fraction of sp³-hybridized carbons (Fsp3) is 0.333. The lowest BCUT2D eigenvalue weighted by atomic mass is 10.2. The first kappa shape index (κ1) is 21.5. The molecule has 7 nitrogen and oxygen atoms in total. The van der Waals surface area contributed by atoms with Crippen LogP contribution < -0.4 is 20.1 Å². The number of ether oxygens (including phenoxy) is 3. The van der Waals surface area contributed by atoms with Gasteiger partial charge in [0.1, 0.15) is 11.5 Å². The SMILES string of the molecule is COc1cc(NC(=NC[C@H]2CCCO2)NC(=O)c2ccc(F)c(F)c2)cc(OC)c1. The van der Waals surface area contributed by atoms with Crippen LogP contribution in [0.25, 0.3) is 0 Å². The summed E-state index contributed by atoms with van der Waals surface area (Å²) in [4.78, 5) is 17.0. The minimum atomic E-state index is -1.11. The average molecular weight is 419 g/mol. The number of rotatable bonds is 6. The van der Waals surface area contributed by atoms with Crippen molar-refractivity contribution in [3.05, 3.63) is 53.6 Å². The number of anilines is 1. The molecular formula is C21H23F2N3O4. The van der Waals surface area contributed by atoms with Gasteiger partial charge >= 0.3 is 0 Å². The van der Waals surface area contributed by atoms with E-state index in [1.807, 2.05) is 0 Å². The quantitative estimate of drug-likeness (QED) is 0.554. The van der Waals surface area contributed by atoms with E-state index in [0.29, 0.717) is 30.3 Å². The monoisotopic (exact) mass is 419 g/mol. The molecule has 0 radical (unpaired) electrons. The Kier molecular flexibility index (Phi) is 7.18. The van der Waals surface area contributed by atoms with Crippen LogP contribution in [-0.4, -0.2) is 45.3 Å². The average Bonchev–Trinajstić information content (AvgIpc) is 3.27. The van der Waals surface area contributed by atoms with Crippen molar-refractivity contribution in [1.82, 2.24) is 5.32 Å². The molecule has 2 N–H and O–H groups in total. The van der Waals surface area contributed by atoms with E-state index in [0.717, 1.165) is 25.0 Å². The largest absolute Gasteiger partial charge is 0.497 e. The summed E-state index contributed by atoms with van der Waals surface area (Å²) in [7, 11) is 3.05. The predicted molar refractivity (Wildman–Crippen MR) is 108 cm³/mol. The van der Waals surface area contributed by atoms with Crippen LogP contribution in [0.2, 0.25) is 0 Å². The standard InChI is InChI=1S/C21H23F2N3O4/c1-28-16-9-14(10-17(11-16)29-2)25-21(24-12-15-4-3-7-30-15)26-20(27)13-5-6-18(22)19(23)8-13/h5-6,8-11,15H,3-4,7,12H2,1-2H3,(H2,24,25,26,27)/t15-/m1/s1. The van der Waals surface area contributed by atoms with Crippen molar-refractivity contribution in [2.75, 3.05) is 32.7 Å². The predicted octanol–water partition coefficient (Wildman–Crippen LogP) is 3.36. The molecule has 2 aromatic rings. The summed E-state index contributed by atoms with van der Waals surface area (Å²) >= 11 is 0. The van der Waals surface area contributed by atoms with Crippen molar-refractivity contribution in [2.45, 2.75) is 18.9 Å². The Balaban J connectivity index is 1.81. The molecule has 1 aliphatic rings. The first-order valence-electron chi connectivity index (χ1n) is 9.41. The molecule has 1 saturated heterocycles. The van der Waals surface area contributed by atoms with Crippen molar-refractivity contribution in [3.8, 4) is 11.5 Å². The van der Waals surface area contributed by atoms with Gasteiger partial charge in [-0.2, -0.15) is 0 Å². The molecule has 1 heterocycles. The lowest BCUT2D eigenvalue weighted by Crippen LogP contribution is -2.36. The number of methoxy groups -OCH3 is 2. The minimum absolute atomic E-state index is 0.0382. The van der Waals surface area contributed by atoms with Crippen molar-refractivity contribution in [3.63, 3.8) is 0 Å². The number of benzene rings is 2. The molecule has 0 aliphatic carbocycles. The van der Waals surface area contributed by atoms with Gasteiger partial charge < -0.3 is 19.5 Å². The Morgan fingerprint density at radius 2 is 1.87 bits per heavy atom. The Morgan fingerprint density at radius 3 is 2.47 bits per heavy atom. The van der Waals surface area contributed by atoms with E-state index >= 15 is 0 Å². The zero-order chi connectivity index (χ0) is 21.5. The maximum atomic E-state index is 13.5. The van der Waals surface area contributed by atoms with Crippen LogP contribution in [0, 0.1) is 11.6 Å². The molecule has 1 fully saturated rings. The van der Waals surface area contributed by atoms with E-state index in [9.17, 15) is 13.6 Å². The Bertz CT molecular complexity index is 908. The Hall–Kier alpha value is -3.20. The molecule has 160 valence electrons. The van der Waals surface area contributed by atoms with Gasteiger partial charge in [-0.3, -0.25) is 10.1 Å². The normalized spacial score (nSPS) is 16.3. The topological polar surface area (TPSA) is 81.2 Å². The highest BCUT2D eigenvalue weighted by Crippen LogP contribution is 2.25. The molecule has 30 heavy (non-hydrogen) atoms. The molecule has 3 rings (SSSR count). The van der Waals surface area contributed by atoms with E-state index in [-0.39, 0.29) is 17.6 Å². The summed E-state index contributed by atoms with van der Waals surface area (Å²) in [6.45, 7) is 1.01. The minimum Gasteiger partial charge on any atom is -0.497 e. The van der Waals surface area contributed by atoms with Crippen LogP contribution >= 0.6 is 0 Å². The molecule has 9 heteroatoms. The number of hydrogen-bond donors (Lipinski definition) is 2. The van der Waals surface area contributed by atoms with Gasteiger partial charge in [0.2, 0.25) is 5.96 Å². The fourth-order valence-corrected chi connectivity index (χ4v) is 2.93. The van der Waals surface area contributed by atoms with Gasteiger partial charge in [0, 0.05) is 36.1 Å². The highest BCUT2D eigenvalue weighted by Gasteiger charge is 2.17. The van der Waals surface area contributed by atoms with Gasteiger partial charge in [-0.1, -0.05) is 0 Å². The van der Waals surface area contributed by atoms with Crippen LogP contribution in [0.4, 0.5) is 14.5 Å². The number of amides is 1. The Labute approximate surface area is 173 Å². The maximum Gasteiger partial charge on any atom is 0.258 e. The zero-order valence-corrected chi connectivity index (χ0v) is 16.7. The summed E-state index contributed by atoms with van der Waals surface area (Å²) < 4.78 is 42.7. The molecule has 0 spiro atoms. The van der Waals surface area contributed by atoms with E-state index in [4.69, 9.17) is 14.2 Å². The number of nitrogens with zero attached hydrogens (tertiary/aromatic N) is 1. The Morgan fingerprint density at radius 1 is 1.13 bits per heavy atom. The molecular weight excluding hydrogens is 396 g/mol. The molecule has 1 atom stereocenters. The molecule has 1 amide bonds. The second-order valence-corrected chi connectivity index (χ2v) is 6.63. The van der Waals surface area contributed by atoms with Gasteiger partial charge in [0.25, 0.3) is 5.91 Å². The highest BCUT2D eigenvalue weighted by atomic mass is 19.2. The number of carbonyl (C=O) groups excluding carboxylic acids is 1. The van der Waals surface area contributed by atoms with Crippen LogP contribution in [0.15, 0.2) is 41.4 Å². The van der Waals surface area contributed by atoms with Crippen LogP contribution in [0.1, 0.15) is 23.2 Å². The zero-order valence-electron chi connectivity index (χ0n) is 16.7. The van der Waals surface area contributed by atoms with E-state index < -0.39 is 17.5 Å². The number of carbonyl (C=O) groups is 1. The lowest BCUT2D eigenvalue weighted by Gasteiger charge is -2.15. The lowest BCUT2D eigenvalue weighted by molar-refractivity contribution is 0.0975. The van der Waals surface area contributed by atoms with Crippen molar-refractivity contribution < 1.29 is 27.8 Å². The third-order valence-corrected chi connectivity index (χ3v) is 4.50. The number of nitrogens with one attached hydrogen (secondary N) is 2. The first-order valence-corrected chi connectivity index (χ1v) is 9.41. The molecule has 0 bridgehead atoms. The number of aliphatic imine (C=N–C) groups is 1. The van der Waals surface area contributed by atoms with Crippen LogP contribution in [0.5, 0.6) is 11.5 Å². The second-order valence-electron chi connectivity index (χ2n) is 6.63. The summed E-state index contributed by atoms with van der Waals surface area (Å²) in [6.07, 6.45) is 1.79. The third kappa shape index (κ3) is 5.66. The van der Waals surface area contributed by atoms with Gasteiger partial charge in [-0.15, -0.1) is 0 Å². The molecule has 1 aliphatic heterocycles. The van der Waals surface area contributed by atoms with E-state index in [1.54, 1.807) is 18.2 Å². The van der Waals surface area contributed by atoms with Crippen molar-refractivity contribution in [1.29, 1.82) is 0 Å². The van der Waals surface area contributed by atoms with Crippen molar-refractivity contribution >= 4 is 17.6 Å². The smallest absolute Gasteiger partial charge is 0.258 e.